The molecule has 90 heavy (non-hydrogen) atoms. The molecule has 12 rings (SSSR count). The van der Waals surface area contributed by atoms with E-state index in [9.17, 15) is 0 Å². The lowest BCUT2D eigenvalue weighted by Crippen LogP contribution is -2.51. The summed E-state index contributed by atoms with van der Waals surface area (Å²) in [7, 11) is 10.6. The van der Waals surface area contributed by atoms with Gasteiger partial charge >= 0.3 is 0 Å². The van der Waals surface area contributed by atoms with Crippen LogP contribution in [-0.4, -0.2) is 289 Å². The molecule has 12 saturated heterocycles. The minimum atomic E-state index is -0.412. The Labute approximate surface area is 614 Å². The van der Waals surface area contributed by atoms with Crippen molar-refractivity contribution in [3.63, 3.8) is 0 Å². The van der Waals surface area contributed by atoms with E-state index in [0.29, 0.717) is 57.1 Å². The predicted molar refractivity (Wildman–Crippen MR) is 508 cm³/mol. The van der Waals surface area contributed by atoms with E-state index in [0.717, 1.165) is 0 Å². The van der Waals surface area contributed by atoms with E-state index in [1.807, 2.05) is 0 Å². The van der Waals surface area contributed by atoms with Crippen molar-refractivity contribution >= 4 is 216 Å². The Kier molecular flexibility index (Phi) is 61.4. The molecule has 0 saturated carbocycles. The molecule has 0 spiro atoms. The summed E-state index contributed by atoms with van der Waals surface area (Å²) in [6.45, 7) is 49.7. The van der Waals surface area contributed by atoms with Crippen LogP contribution in [0.1, 0.15) is 27.7 Å². The summed E-state index contributed by atoms with van der Waals surface area (Å²) in [6, 6.07) is 40.0. The molecule has 12 aliphatic heterocycles. The molecule has 0 aromatic rings. The van der Waals surface area contributed by atoms with Gasteiger partial charge in [0.25, 0.3) is 0 Å². The zero-order valence-electron chi connectivity index (χ0n) is 66.7. The number of hydrogen-bond donors (Lipinski definition) is 0. The molecular formula is C62H176N4Si24. The first-order valence-electron chi connectivity index (χ1n) is 41.7. The van der Waals surface area contributed by atoms with Crippen LogP contribution in [0.25, 0.3) is 0 Å². The lowest BCUT2D eigenvalue weighted by atomic mass is 10.7. The van der Waals surface area contributed by atoms with Gasteiger partial charge in [-0.15, -0.1) is 0 Å². The fourth-order valence-electron chi connectivity index (χ4n) is 15.8. The standard InChI is InChI=1S/C9H23NSi2.2C7H19NSi2.C6H16Si2.C5H15NSi2.3C5H14Si2.C4H12Si2.3C3H10Si2/c1-4-10(5-2)12-8-6-11(3)7-9-12;1-8(2)10-6-4-9(3)5-7-10;1-4-8(5-2)10-6-9(3)7-10;1-7-3-5-8(2)6-4-7;1-6(2)8-4-7(3)5-8;3*1-7-4-2-6-3-5-7;1-5-3-6(2)4-5;3*1-5-2-4-3-5/h11-12H,4-9H2,1-3H3;2*9-10H,4-7H2,1-3H3;7-8H,3-6H2,1-2H3;7-8H,4-5H2,1-3H3;3*7H,2-6H2,1H3;5-6H,3-4H2,1-2H3;3*5H,2-4H2,1H3. The highest BCUT2D eigenvalue weighted by Gasteiger charge is 2.32. The quantitative estimate of drug-likeness (QED) is 0.225. The summed E-state index contributed by atoms with van der Waals surface area (Å²) in [5.74, 6) is 0. The molecular weight excluding hydrogens is 1470 g/mol. The van der Waals surface area contributed by atoms with Crippen molar-refractivity contribution in [2.24, 2.45) is 0 Å². The molecule has 28 heteroatoms. The molecule has 0 radical (unpaired) electrons. The topological polar surface area (TPSA) is 13.0 Å². The molecule has 0 N–H and O–H groups in total. The first-order valence-corrected chi connectivity index (χ1v) is 101. The molecule has 12 aliphatic rings. The van der Waals surface area contributed by atoms with E-state index in [1.165, 1.54) is 26.2 Å². The predicted octanol–water partition coefficient (Wildman–Crippen LogP) is 9.20. The van der Waals surface area contributed by atoms with Gasteiger partial charge in [0.15, 0.2) is 0 Å². The lowest BCUT2D eigenvalue weighted by Gasteiger charge is -2.38. The monoisotopic (exact) mass is 1650 g/mol. The largest absolute Gasteiger partial charge is 0.332 e. The summed E-state index contributed by atoms with van der Waals surface area (Å²) >= 11 is 0. The third kappa shape index (κ3) is 50.4. The molecule has 0 atom stereocenters. The fourth-order valence-corrected chi connectivity index (χ4v) is 116. The van der Waals surface area contributed by atoms with Crippen molar-refractivity contribution < 1.29 is 0 Å². The second kappa shape index (κ2) is 59.4. The van der Waals surface area contributed by atoms with Crippen LogP contribution in [0.5, 0.6) is 0 Å². The van der Waals surface area contributed by atoms with Crippen LogP contribution in [0.4, 0.5) is 0 Å². The summed E-state index contributed by atoms with van der Waals surface area (Å²) in [6.07, 6.45) is 0. The molecule has 0 bridgehead atoms. The van der Waals surface area contributed by atoms with Gasteiger partial charge in [-0.3, -0.25) is 0 Å². The highest BCUT2D eigenvalue weighted by Crippen LogP contribution is 2.26. The Morgan fingerprint density at radius 2 is 0.411 bits per heavy atom. The smallest absolute Gasteiger partial charge is 0.111 e. The van der Waals surface area contributed by atoms with Crippen LogP contribution < -0.4 is 0 Å². The summed E-state index contributed by atoms with van der Waals surface area (Å²) in [4.78, 5) is 0. The Morgan fingerprint density at radius 3 is 0.567 bits per heavy atom. The van der Waals surface area contributed by atoms with Crippen molar-refractivity contribution in [3.05, 3.63) is 0 Å². The average Bonchev–Trinajstić information content (AvgIpc) is 1.57. The average molecular weight is 1650 g/mol. The van der Waals surface area contributed by atoms with Gasteiger partial charge in [-0.2, -0.15) is 0 Å². The van der Waals surface area contributed by atoms with Crippen molar-refractivity contribution in [2.45, 2.75) is 332 Å². The van der Waals surface area contributed by atoms with Gasteiger partial charge in [-0.25, -0.2) is 0 Å². The molecule has 540 valence electrons. The number of hydrogen-bond acceptors (Lipinski definition) is 4. The number of nitrogens with zero attached hydrogens (tertiary/aromatic N) is 4. The van der Waals surface area contributed by atoms with Gasteiger partial charge < -0.3 is 18.3 Å². The van der Waals surface area contributed by atoms with Crippen LogP contribution in [0, 0.1) is 0 Å². The maximum atomic E-state index is 2.78. The van der Waals surface area contributed by atoms with Crippen LogP contribution in [0.15, 0.2) is 0 Å². The zero-order valence-corrected chi connectivity index (χ0v) is 96.0. The van der Waals surface area contributed by atoms with E-state index >= 15 is 0 Å². The molecule has 12 heterocycles. The molecule has 12 fully saturated rings. The van der Waals surface area contributed by atoms with Gasteiger partial charge in [0.05, 0.1) is 0 Å². The van der Waals surface area contributed by atoms with Crippen molar-refractivity contribution in [1.82, 2.24) is 18.3 Å². The molecule has 0 aromatic heterocycles. The van der Waals surface area contributed by atoms with E-state index in [-0.39, 0.29) is 150 Å². The summed E-state index contributed by atoms with van der Waals surface area (Å²) < 4.78 is 10.5. The van der Waals surface area contributed by atoms with Crippen molar-refractivity contribution in [1.29, 1.82) is 0 Å². The summed E-state index contributed by atoms with van der Waals surface area (Å²) in [5.41, 5.74) is 20.9. The lowest BCUT2D eigenvalue weighted by molar-refractivity contribution is 0.475. The maximum Gasteiger partial charge on any atom is 0.111 e. The minimum absolute atomic E-state index is 0.0347. The molecule has 0 amide bonds. The van der Waals surface area contributed by atoms with Gasteiger partial charge in [0.1, 0.15) is 35.8 Å². The Balaban J connectivity index is 0.000000495. The third-order valence-electron chi connectivity index (χ3n) is 24.6. The maximum absolute atomic E-state index is 2.78. The van der Waals surface area contributed by atoms with E-state index in [2.05, 4.69) is 166 Å². The Hall–Kier alpha value is 5.05. The molecule has 0 aliphatic carbocycles. The third-order valence-corrected chi connectivity index (χ3v) is 136. The second-order valence-corrected chi connectivity index (χ2v) is 119. The van der Waals surface area contributed by atoms with Crippen LogP contribution in [0.2, 0.25) is 305 Å². The van der Waals surface area contributed by atoms with Crippen molar-refractivity contribution in [2.75, 3.05) is 54.4 Å². The second-order valence-electron chi connectivity index (χ2n) is 35.0. The van der Waals surface area contributed by atoms with Crippen LogP contribution >= 0.6 is 0 Å². The highest BCUT2D eigenvalue weighted by molar-refractivity contribution is 6.94. The zero-order chi connectivity index (χ0) is 67.2. The minimum Gasteiger partial charge on any atom is -0.332 e. The normalized spacial score (nSPS) is 36.9. The first-order chi connectivity index (χ1) is 42.9. The van der Waals surface area contributed by atoms with Crippen LogP contribution in [0.3, 0.4) is 0 Å². The van der Waals surface area contributed by atoms with E-state index < -0.39 is 8.96 Å². The van der Waals surface area contributed by atoms with Crippen LogP contribution in [-0.2, 0) is 0 Å². The fraction of sp³-hybridized carbons (Fsp3) is 1.00. The molecule has 0 unspecified atom stereocenters. The SMILES string of the molecule is CCN(CC)[SiH]1CC[SiH](C)CC1.CCN(CC)[SiH]1C[SiH](C)C1.CN(C)[SiH]1CC[SiH](C)CC1.CN(C)[SiH]1C[SiH](C)C1.C[SiH]1CC[SiH2]CC1.C[SiH]1CC[SiH2]CC1.C[SiH]1CC[SiH2]CC1.C[SiH]1CC[SiH](C)CC1.C[SiH]1C[SiH2]C1.C[SiH]1C[SiH2]C1.C[SiH]1C[SiH2]C1.C[SiH]1C[SiH](C)C1. The molecule has 0 aromatic carbocycles. The van der Waals surface area contributed by atoms with E-state index in [1.54, 1.807) is 213 Å². The number of rotatable bonds is 8. The highest BCUT2D eigenvalue weighted by atomic mass is 28.4. The van der Waals surface area contributed by atoms with Gasteiger partial charge in [-0.05, 0) is 78.5 Å². The van der Waals surface area contributed by atoms with Gasteiger partial charge in [-0.1, -0.05) is 308 Å². The Morgan fingerprint density at radius 1 is 0.211 bits per heavy atom. The van der Waals surface area contributed by atoms with Gasteiger partial charge in [0.2, 0.25) is 0 Å². The van der Waals surface area contributed by atoms with Crippen molar-refractivity contribution in [3.8, 4) is 0 Å². The van der Waals surface area contributed by atoms with Gasteiger partial charge in [0, 0.05) is 180 Å². The van der Waals surface area contributed by atoms with E-state index in [4.69, 9.17) is 0 Å². The first kappa shape index (κ1) is 93.1. The Bertz CT molecular complexity index is 1460. The molecule has 4 nitrogen and oxygen atoms in total. The summed E-state index contributed by atoms with van der Waals surface area (Å²) in [5, 5.41) is 0.